The van der Waals surface area contributed by atoms with Crippen molar-refractivity contribution in [1.29, 1.82) is 5.26 Å². The molecule has 0 aliphatic rings. The topological polar surface area (TPSA) is 68.5 Å². The largest absolute Gasteiger partial charge is 0.513 e. The molecule has 0 saturated heterocycles. The van der Waals surface area contributed by atoms with Crippen LogP contribution < -0.4 is 4.74 Å². The Kier molecular flexibility index (Phi) is 6.66. The lowest BCUT2D eigenvalue weighted by Gasteiger charge is -2.16. The van der Waals surface area contributed by atoms with Gasteiger partial charge in [0.2, 0.25) is 0 Å². The van der Waals surface area contributed by atoms with Gasteiger partial charge in [-0.25, -0.2) is 4.79 Å². The molecular weight excluding hydrogens is 375 g/mol. The van der Waals surface area contributed by atoms with E-state index in [0.29, 0.717) is 12.4 Å². The van der Waals surface area contributed by atoms with Gasteiger partial charge in [0.15, 0.2) is 5.76 Å². The predicted octanol–water partition coefficient (Wildman–Crippen LogP) is 5.28. The highest BCUT2D eigenvalue weighted by Gasteiger charge is 2.35. The molecule has 0 aromatic heterocycles. The first-order valence-electron chi connectivity index (χ1n) is 8.11. The second-order valence-corrected chi connectivity index (χ2v) is 5.37. The number of hydrogen-bond acceptors (Lipinski definition) is 5. The van der Waals surface area contributed by atoms with E-state index in [2.05, 4.69) is 4.74 Å². The van der Waals surface area contributed by atoms with E-state index in [4.69, 9.17) is 9.47 Å². The van der Waals surface area contributed by atoms with Crippen LogP contribution in [0.15, 0.2) is 48.5 Å². The van der Waals surface area contributed by atoms with E-state index in [1.807, 2.05) is 6.07 Å². The number of ether oxygens (including phenoxy) is 3. The first-order chi connectivity index (χ1) is 13.3. The Balaban J connectivity index is 2.71. The zero-order valence-corrected chi connectivity index (χ0v) is 15.0. The summed E-state index contributed by atoms with van der Waals surface area (Å²) >= 11 is 0. The normalized spacial score (nSPS) is 11.9. The van der Waals surface area contributed by atoms with Crippen LogP contribution in [0.3, 0.4) is 0 Å². The second-order valence-electron chi connectivity index (χ2n) is 5.37. The quantitative estimate of drug-likeness (QED) is 0.300. The van der Waals surface area contributed by atoms with E-state index in [9.17, 15) is 23.2 Å². The zero-order valence-electron chi connectivity index (χ0n) is 15.0. The molecule has 0 N–H and O–H groups in total. The van der Waals surface area contributed by atoms with Crippen LogP contribution in [-0.4, -0.2) is 19.9 Å². The highest BCUT2D eigenvalue weighted by molar-refractivity contribution is 5.97. The molecule has 2 rings (SSSR count). The van der Waals surface area contributed by atoms with Gasteiger partial charge in [0.05, 0.1) is 19.3 Å². The number of methoxy groups -OCH3 is 1. The average Bonchev–Trinajstić information content (AvgIpc) is 2.68. The molecule has 0 fully saturated rings. The number of halogens is 3. The summed E-state index contributed by atoms with van der Waals surface area (Å²) in [6.45, 7) is 2.22. The average molecular weight is 391 g/mol. The Bertz CT molecular complexity index is 912. The molecule has 0 amide bonds. The van der Waals surface area contributed by atoms with Crippen molar-refractivity contribution in [3.05, 3.63) is 65.2 Å². The Morgan fingerprint density at radius 1 is 1.11 bits per heavy atom. The van der Waals surface area contributed by atoms with Crippen LogP contribution in [-0.2, 0) is 15.7 Å². The van der Waals surface area contributed by atoms with Crippen molar-refractivity contribution in [3.8, 4) is 11.8 Å². The standard InChI is InChI=1S/C20H16F3NO4/c1-3-27-14-10-8-13(9-11-14)16(12-24)18(28-19(25)26-2)15-6-4-5-7-17(15)20(21,22)23/h4-11H,3H2,1-2H3. The third-order valence-corrected chi connectivity index (χ3v) is 3.62. The van der Waals surface area contributed by atoms with Crippen molar-refractivity contribution in [2.24, 2.45) is 0 Å². The third-order valence-electron chi connectivity index (χ3n) is 3.62. The van der Waals surface area contributed by atoms with Crippen molar-refractivity contribution in [2.75, 3.05) is 13.7 Å². The fraction of sp³-hybridized carbons (Fsp3) is 0.200. The van der Waals surface area contributed by atoms with E-state index in [1.54, 1.807) is 19.1 Å². The Labute approximate surface area is 159 Å². The molecule has 0 spiro atoms. The number of carbonyl (C=O) groups excluding carboxylic acids is 1. The fourth-order valence-electron chi connectivity index (χ4n) is 2.42. The molecule has 0 radical (unpaired) electrons. The van der Waals surface area contributed by atoms with E-state index < -0.39 is 29.2 Å². The molecule has 146 valence electrons. The first-order valence-corrected chi connectivity index (χ1v) is 8.11. The number of hydrogen-bond donors (Lipinski definition) is 0. The summed E-state index contributed by atoms with van der Waals surface area (Å²) in [5.41, 5.74) is -1.51. The lowest BCUT2D eigenvalue weighted by molar-refractivity contribution is -0.137. The number of nitriles is 1. The van der Waals surface area contributed by atoms with Crippen LogP contribution in [0.2, 0.25) is 0 Å². The van der Waals surface area contributed by atoms with Gasteiger partial charge in [-0.2, -0.15) is 18.4 Å². The molecule has 2 aromatic rings. The molecule has 0 atom stereocenters. The minimum Gasteiger partial charge on any atom is -0.494 e. The van der Waals surface area contributed by atoms with Crippen molar-refractivity contribution >= 4 is 17.5 Å². The van der Waals surface area contributed by atoms with Crippen molar-refractivity contribution in [2.45, 2.75) is 13.1 Å². The van der Waals surface area contributed by atoms with Crippen LogP contribution >= 0.6 is 0 Å². The number of nitrogens with zero attached hydrogens (tertiary/aromatic N) is 1. The molecule has 2 aromatic carbocycles. The number of carbonyl (C=O) groups is 1. The summed E-state index contributed by atoms with van der Waals surface area (Å²) in [6, 6.07) is 12.4. The molecule has 0 unspecified atom stereocenters. The zero-order chi connectivity index (χ0) is 20.7. The summed E-state index contributed by atoms with van der Waals surface area (Å²) in [6.07, 6.45) is -5.97. The Morgan fingerprint density at radius 3 is 2.29 bits per heavy atom. The maximum Gasteiger partial charge on any atom is 0.513 e. The molecule has 0 saturated carbocycles. The minimum atomic E-state index is -4.72. The van der Waals surface area contributed by atoms with Gasteiger partial charge in [-0.3, -0.25) is 0 Å². The van der Waals surface area contributed by atoms with Gasteiger partial charge >= 0.3 is 12.3 Å². The summed E-state index contributed by atoms with van der Waals surface area (Å²) < 4.78 is 55.0. The van der Waals surface area contributed by atoms with Gasteiger partial charge in [0, 0.05) is 5.56 Å². The minimum absolute atomic E-state index is 0.252. The molecular formula is C20H16F3NO4. The predicted molar refractivity (Wildman–Crippen MR) is 95.0 cm³/mol. The number of allylic oxidation sites excluding steroid dienone is 1. The van der Waals surface area contributed by atoms with E-state index >= 15 is 0 Å². The molecule has 8 heteroatoms. The van der Waals surface area contributed by atoms with Crippen molar-refractivity contribution in [3.63, 3.8) is 0 Å². The Morgan fingerprint density at radius 2 is 1.75 bits per heavy atom. The van der Waals surface area contributed by atoms with Gasteiger partial charge in [-0.15, -0.1) is 0 Å². The summed E-state index contributed by atoms with van der Waals surface area (Å²) in [7, 11) is 1.01. The van der Waals surface area contributed by atoms with Crippen LogP contribution in [0, 0.1) is 11.3 Å². The maximum atomic E-state index is 13.4. The van der Waals surface area contributed by atoms with Gasteiger partial charge in [-0.05, 0) is 42.8 Å². The van der Waals surface area contributed by atoms with Crippen molar-refractivity contribution < 1.29 is 32.2 Å². The van der Waals surface area contributed by atoms with Gasteiger partial charge in [0.25, 0.3) is 0 Å². The maximum absolute atomic E-state index is 13.4. The summed E-state index contributed by atoms with van der Waals surface area (Å²) in [5.74, 6) is -0.0268. The molecule has 0 heterocycles. The Hall–Kier alpha value is -3.47. The van der Waals surface area contributed by atoms with E-state index in [-0.39, 0.29) is 11.1 Å². The van der Waals surface area contributed by atoms with Crippen LogP contribution in [0.5, 0.6) is 5.75 Å². The van der Waals surface area contributed by atoms with Crippen LogP contribution in [0.25, 0.3) is 11.3 Å². The first kappa shape index (κ1) is 20.8. The molecule has 5 nitrogen and oxygen atoms in total. The van der Waals surface area contributed by atoms with E-state index in [0.717, 1.165) is 19.2 Å². The smallest absolute Gasteiger partial charge is 0.494 e. The van der Waals surface area contributed by atoms with Crippen LogP contribution in [0.4, 0.5) is 18.0 Å². The van der Waals surface area contributed by atoms with Gasteiger partial charge in [-0.1, -0.05) is 18.2 Å². The fourth-order valence-corrected chi connectivity index (χ4v) is 2.42. The van der Waals surface area contributed by atoms with Gasteiger partial charge < -0.3 is 14.2 Å². The number of rotatable bonds is 5. The molecule has 0 bridgehead atoms. The van der Waals surface area contributed by atoms with Gasteiger partial charge in [0.1, 0.15) is 17.4 Å². The molecule has 0 aliphatic heterocycles. The highest BCUT2D eigenvalue weighted by atomic mass is 19.4. The van der Waals surface area contributed by atoms with Crippen molar-refractivity contribution in [1.82, 2.24) is 0 Å². The van der Waals surface area contributed by atoms with E-state index in [1.165, 1.54) is 24.3 Å². The number of benzene rings is 2. The molecule has 28 heavy (non-hydrogen) atoms. The lowest BCUT2D eigenvalue weighted by Crippen LogP contribution is -2.12. The summed E-state index contributed by atoms with van der Waals surface area (Å²) in [5, 5.41) is 9.61. The molecule has 0 aliphatic carbocycles. The SMILES string of the molecule is CCOc1ccc(C(C#N)=C(OC(=O)OC)c2ccccc2C(F)(F)F)cc1. The highest BCUT2D eigenvalue weighted by Crippen LogP contribution is 2.38. The summed E-state index contributed by atoms with van der Waals surface area (Å²) in [4.78, 5) is 11.7. The second kappa shape index (κ2) is 8.95. The van der Waals surface area contributed by atoms with Crippen LogP contribution in [0.1, 0.15) is 23.6 Å². The lowest BCUT2D eigenvalue weighted by atomic mass is 9.98. The third kappa shape index (κ3) is 4.82. The monoisotopic (exact) mass is 391 g/mol. The number of alkyl halides is 3.